The van der Waals surface area contributed by atoms with Crippen LogP contribution in [0.1, 0.15) is 61.4 Å². The number of ether oxygens (including phenoxy) is 1. The van der Waals surface area contributed by atoms with Gasteiger partial charge in [0.15, 0.2) is 0 Å². The molecule has 1 amide bonds. The number of benzene rings is 1. The standard InChI is InChI=1S/C20H26F3NO3/c1-2-3-4-7-14-27-19(26)15-10-12-24(13-11-15)18(25)16-8-5-6-9-17(16)20(21,22)23/h5-6,8-9,15H,2-4,7,10-14H2,1H3. The van der Waals surface area contributed by atoms with Crippen LogP contribution < -0.4 is 0 Å². The summed E-state index contributed by atoms with van der Waals surface area (Å²) in [6.45, 7) is 3.01. The first-order chi connectivity index (χ1) is 12.8. The molecule has 150 valence electrons. The maximum Gasteiger partial charge on any atom is 0.417 e. The van der Waals surface area contributed by atoms with E-state index in [0.29, 0.717) is 19.4 Å². The lowest BCUT2D eigenvalue weighted by Crippen LogP contribution is -2.41. The average Bonchev–Trinajstić information content (AvgIpc) is 2.66. The molecule has 1 aliphatic heterocycles. The second-order valence-corrected chi connectivity index (χ2v) is 6.84. The van der Waals surface area contributed by atoms with Crippen molar-refractivity contribution in [2.75, 3.05) is 19.7 Å². The van der Waals surface area contributed by atoms with Crippen LogP contribution in [0.5, 0.6) is 0 Å². The van der Waals surface area contributed by atoms with Crippen molar-refractivity contribution in [3.8, 4) is 0 Å². The highest BCUT2D eigenvalue weighted by atomic mass is 19.4. The first-order valence-corrected chi connectivity index (χ1v) is 9.46. The molecule has 27 heavy (non-hydrogen) atoms. The minimum Gasteiger partial charge on any atom is -0.465 e. The van der Waals surface area contributed by atoms with Gasteiger partial charge in [-0.15, -0.1) is 0 Å². The molecular formula is C20H26F3NO3. The lowest BCUT2D eigenvalue weighted by molar-refractivity contribution is -0.150. The quantitative estimate of drug-likeness (QED) is 0.506. The van der Waals surface area contributed by atoms with Gasteiger partial charge in [0.25, 0.3) is 5.91 Å². The number of alkyl halides is 3. The van der Waals surface area contributed by atoms with Gasteiger partial charge in [0.1, 0.15) is 0 Å². The van der Waals surface area contributed by atoms with Crippen molar-refractivity contribution >= 4 is 11.9 Å². The first-order valence-electron chi connectivity index (χ1n) is 9.46. The van der Waals surface area contributed by atoms with E-state index in [1.807, 2.05) is 0 Å². The molecule has 0 spiro atoms. The van der Waals surface area contributed by atoms with Gasteiger partial charge in [0, 0.05) is 13.1 Å². The minimum absolute atomic E-state index is 0.251. The molecule has 7 heteroatoms. The van der Waals surface area contributed by atoms with Gasteiger partial charge >= 0.3 is 12.1 Å². The maximum absolute atomic E-state index is 13.1. The first kappa shape index (κ1) is 21.3. The second-order valence-electron chi connectivity index (χ2n) is 6.84. The number of hydrogen-bond donors (Lipinski definition) is 0. The molecule has 0 radical (unpaired) electrons. The van der Waals surface area contributed by atoms with Crippen molar-refractivity contribution in [3.63, 3.8) is 0 Å². The Morgan fingerprint density at radius 3 is 2.41 bits per heavy atom. The van der Waals surface area contributed by atoms with Gasteiger partial charge in [-0.25, -0.2) is 0 Å². The van der Waals surface area contributed by atoms with Crippen LogP contribution in [0, 0.1) is 5.92 Å². The molecule has 0 unspecified atom stereocenters. The number of halogens is 3. The Kier molecular flexibility index (Phi) is 7.68. The third kappa shape index (κ3) is 5.97. The Labute approximate surface area is 157 Å². The zero-order valence-corrected chi connectivity index (χ0v) is 15.6. The monoisotopic (exact) mass is 385 g/mol. The summed E-state index contributed by atoms with van der Waals surface area (Å²) in [6.07, 6.45) is 0.323. The Morgan fingerprint density at radius 1 is 1.11 bits per heavy atom. The highest BCUT2D eigenvalue weighted by Gasteiger charge is 2.37. The van der Waals surface area contributed by atoms with Crippen LogP contribution in [0.4, 0.5) is 13.2 Å². The average molecular weight is 385 g/mol. The topological polar surface area (TPSA) is 46.6 Å². The predicted octanol–water partition coefficient (Wildman–Crippen LogP) is 4.68. The molecule has 2 rings (SSSR count). The van der Waals surface area contributed by atoms with E-state index in [1.54, 1.807) is 0 Å². The van der Waals surface area contributed by atoms with E-state index in [-0.39, 0.29) is 30.5 Å². The lowest BCUT2D eigenvalue weighted by Gasteiger charge is -2.31. The minimum atomic E-state index is -4.58. The number of likely N-dealkylation sites (tertiary alicyclic amines) is 1. The van der Waals surface area contributed by atoms with Crippen LogP contribution in [0.3, 0.4) is 0 Å². The molecule has 1 saturated heterocycles. The molecule has 1 heterocycles. The summed E-state index contributed by atoms with van der Waals surface area (Å²) in [5.74, 6) is -1.21. The van der Waals surface area contributed by atoms with Gasteiger partial charge in [0.05, 0.1) is 23.7 Å². The van der Waals surface area contributed by atoms with Crippen LogP contribution in [-0.2, 0) is 15.7 Å². The molecule has 0 N–H and O–H groups in total. The Balaban J connectivity index is 1.87. The zero-order valence-electron chi connectivity index (χ0n) is 15.6. The lowest BCUT2D eigenvalue weighted by atomic mass is 9.96. The summed E-state index contributed by atoms with van der Waals surface area (Å²) in [7, 11) is 0. The summed E-state index contributed by atoms with van der Waals surface area (Å²) < 4.78 is 44.6. The summed E-state index contributed by atoms with van der Waals surface area (Å²) in [5.41, 5.74) is -1.27. The molecular weight excluding hydrogens is 359 g/mol. The summed E-state index contributed by atoms with van der Waals surface area (Å²) in [5, 5.41) is 0. The molecule has 0 bridgehead atoms. The number of esters is 1. The molecule has 0 atom stereocenters. The molecule has 4 nitrogen and oxygen atoms in total. The zero-order chi connectivity index (χ0) is 19.9. The van der Waals surface area contributed by atoms with Crippen molar-refractivity contribution in [3.05, 3.63) is 35.4 Å². The summed E-state index contributed by atoms with van der Waals surface area (Å²) in [6, 6.07) is 4.80. The molecule has 0 aliphatic carbocycles. The van der Waals surface area contributed by atoms with E-state index in [1.165, 1.54) is 23.1 Å². The van der Waals surface area contributed by atoms with E-state index in [4.69, 9.17) is 4.74 Å². The molecule has 0 saturated carbocycles. The van der Waals surface area contributed by atoms with Crippen molar-refractivity contribution in [1.29, 1.82) is 0 Å². The van der Waals surface area contributed by atoms with Crippen molar-refractivity contribution in [2.24, 2.45) is 5.92 Å². The predicted molar refractivity (Wildman–Crippen MR) is 95.2 cm³/mol. The number of nitrogens with zero attached hydrogens (tertiary/aromatic N) is 1. The molecule has 1 aliphatic rings. The molecule has 1 fully saturated rings. The number of rotatable bonds is 7. The van der Waals surface area contributed by atoms with E-state index < -0.39 is 17.6 Å². The van der Waals surface area contributed by atoms with Gasteiger partial charge in [0.2, 0.25) is 0 Å². The van der Waals surface area contributed by atoms with Crippen LogP contribution in [0.2, 0.25) is 0 Å². The van der Waals surface area contributed by atoms with Crippen LogP contribution in [-0.4, -0.2) is 36.5 Å². The third-order valence-corrected chi connectivity index (χ3v) is 4.82. The van der Waals surface area contributed by atoms with Gasteiger partial charge in [-0.3, -0.25) is 9.59 Å². The van der Waals surface area contributed by atoms with Gasteiger partial charge in [-0.1, -0.05) is 38.3 Å². The summed E-state index contributed by atoms with van der Waals surface area (Å²) in [4.78, 5) is 26.0. The van der Waals surface area contributed by atoms with Gasteiger partial charge in [-0.2, -0.15) is 13.2 Å². The third-order valence-electron chi connectivity index (χ3n) is 4.82. The largest absolute Gasteiger partial charge is 0.465 e. The second kappa shape index (κ2) is 9.76. The number of piperidine rings is 1. The van der Waals surface area contributed by atoms with Crippen LogP contribution in [0.25, 0.3) is 0 Å². The maximum atomic E-state index is 13.1. The fraction of sp³-hybridized carbons (Fsp3) is 0.600. The molecule has 1 aromatic rings. The number of amides is 1. The van der Waals surface area contributed by atoms with E-state index >= 15 is 0 Å². The fourth-order valence-corrected chi connectivity index (χ4v) is 3.22. The Morgan fingerprint density at radius 2 is 1.78 bits per heavy atom. The number of carbonyl (C=O) groups excluding carboxylic acids is 2. The van der Waals surface area contributed by atoms with Crippen LogP contribution >= 0.6 is 0 Å². The van der Waals surface area contributed by atoms with Crippen molar-refractivity contribution in [2.45, 2.75) is 51.6 Å². The SMILES string of the molecule is CCCCCCOC(=O)C1CCN(C(=O)c2ccccc2C(F)(F)F)CC1. The van der Waals surface area contributed by atoms with Crippen LogP contribution in [0.15, 0.2) is 24.3 Å². The van der Waals surface area contributed by atoms with Gasteiger partial charge < -0.3 is 9.64 Å². The van der Waals surface area contributed by atoms with Gasteiger partial charge in [-0.05, 0) is 31.4 Å². The van der Waals surface area contributed by atoms with Crippen molar-refractivity contribution in [1.82, 2.24) is 4.90 Å². The van der Waals surface area contributed by atoms with Crippen molar-refractivity contribution < 1.29 is 27.5 Å². The molecule has 1 aromatic carbocycles. The number of unbranched alkanes of at least 4 members (excludes halogenated alkanes) is 3. The smallest absolute Gasteiger partial charge is 0.417 e. The fourth-order valence-electron chi connectivity index (χ4n) is 3.22. The highest BCUT2D eigenvalue weighted by Crippen LogP contribution is 2.33. The van der Waals surface area contributed by atoms with E-state index in [9.17, 15) is 22.8 Å². The Bertz CT molecular complexity index is 638. The molecule has 0 aromatic heterocycles. The Hall–Kier alpha value is -2.05. The number of hydrogen-bond acceptors (Lipinski definition) is 3. The highest BCUT2D eigenvalue weighted by molar-refractivity contribution is 5.96. The summed E-state index contributed by atoms with van der Waals surface area (Å²) >= 11 is 0. The van der Waals surface area contributed by atoms with E-state index in [2.05, 4.69) is 6.92 Å². The van der Waals surface area contributed by atoms with E-state index in [0.717, 1.165) is 31.7 Å². The normalized spacial score (nSPS) is 15.6. The number of carbonyl (C=O) groups is 2.